The van der Waals surface area contributed by atoms with Crippen LogP contribution in [0.2, 0.25) is 0 Å². The van der Waals surface area contributed by atoms with Gasteiger partial charge < -0.3 is 4.90 Å². The molecule has 3 aliphatic rings. The molecule has 1 aromatic carbocycles. The predicted octanol–water partition coefficient (Wildman–Crippen LogP) is 2.76. The number of urea groups is 1. The van der Waals surface area contributed by atoms with Crippen molar-refractivity contribution in [3.05, 3.63) is 33.9 Å². The highest BCUT2D eigenvalue weighted by Gasteiger charge is 2.61. The van der Waals surface area contributed by atoms with E-state index in [-0.39, 0.29) is 24.7 Å². The van der Waals surface area contributed by atoms with Gasteiger partial charge in [-0.25, -0.2) is 4.79 Å². The summed E-state index contributed by atoms with van der Waals surface area (Å²) < 4.78 is 0. The second-order valence-electron chi connectivity index (χ2n) is 8.35. The zero-order valence-corrected chi connectivity index (χ0v) is 17.1. The summed E-state index contributed by atoms with van der Waals surface area (Å²) in [5, 5.41) is 13.7. The summed E-state index contributed by atoms with van der Waals surface area (Å²) in [6.07, 6.45) is 4.96. The van der Waals surface area contributed by atoms with E-state index in [4.69, 9.17) is 0 Å². The van der Waals surface area contributed by atoms with Gasteiger partial charge in [0.15, 0.2) is 5.41 Å². The van der Waals surface area contributed by atoms with Gasteiger partial charge in [-0.2, -0.15) is 0 Å². The average molecular weight is 414 g/mol. The van der Waals surface area contributed by atoms with Crippen LogP contribution in [0.1, 0.15) is 51.0 Å². The highest BCUT2D eigenvalue weighted by Crippen LogP contribution is 2.47. The van der Waals surface area contributed by atoms with E-state index >= 15 is 0 Å². The first-order valence-electron chi connectivity index (χ1n) is 10.6. The number of benzene rings is 1. The zero-order valence-electron chi connectivity index (χ0n) is 17.1. The normalized spacial score (nSPS) is 26.2. The number of anilines is 1. The number of nitro benzene ring substituents is 1. The smallest absolute Gasteiger partial charge is 0.330 e. The van der Waals surface area contributed by atoms with Gasteiger partial charge >= 0.3 is 6.03 Å². The number of hydrogen-bond donors (Lipinski definition) is 1. The number of unbranched alkanes of at least 4 members (excludes halogenated alkanes) is 1. The minimum Gasteiger partial charge on any atom is -0.367 e. The molecule has 3 heterocycles. The Morgan fingerprint density at radius 2 is 2.03 bits per heavy atom. The molecule has 4 amide bonds. The summed E-state index contributed by atoms with van der Waals surface area (Å²) in [6.45, 7) is 2.89. The SMILES string of the molecule is CCCCN1C(=O)NC(=O)[C@]2(Cc3cc([N+](=O)[O-])ccc3N3CCCCC[C@@H]32)C1=O. The van der Waals surface area contributed by atoms with Gasteiger partial charge in [0.1, 0.15) is 0 Å². The second-order valence-corrected chi connectivity index (χ2v) is 8.35. The van der Waals surface area contributed by atoms with Crippen LogP contribution in [0.3, 0.4) is 0 Å². The van der Waals surface area contributed by atoms with Crippen molar-refractivity contribution in [1.82, 2.24) is 10.2 Å². The number of non-ortho nitro benzene ring substituents is 1. The summed E-state index contributed by atoms with van der Waals surface area (Å²) in [5.41, 5.74) is -0.0695. The van der Waals surface area contributed by atoms with E-state index in [0.717, 1.165) is 36.3 Å². The maximum Gasteiger partial charge on any atom is 0.330 e. The number of hydrogen-bond acceptors (Lipinski definition) is 6. The summed E-state index contributed by atoms with van der Waals surface area (Å²) in [6, 6.07) is 3.61. The zero-order chi connectivity index (χ0) is 21.5. The molecule has 30 heavy (non-hydrogen) atoms. The lowest BCUT2D eigenvalue weighted by atomic mass is 9.67. The third kappa shape index (κ3) is 3.03. The second kappa shape index (κ2) is 7.70. The third-order valence-electron chi connectivity index (χ3n) is 6.61. The molecule has 0 aliphatic carbocycles. The molecule has 1 spiro atoms. The molecule has 9 heteroatoms. The van der Waals surface area contributed by atoms with Crippen LogP contribution in [0, 0.1) is 15.5 Å². The molecule has 0 bridgehead atoms. The Kier molecular flexibility index (Phi) is 5.21. The van der Waals surface area contributed by atoms with E-state index in [1.165, 1.54) is 12.1 Å². The van der Waals surface area contributed by atoms with Crippen molar-refractivity contribution in [3.8, 4) is 0 Å². The van der Waals surface area contributed by atoms with Crippen LogP contribution in [-0.2, 0) is 16.0 Å². The van der Waals surface area contributed by atoms with Crippen molar-refractivity contribution >= 4 is 29.2 Å². The van der Waals surface area contributed by atoms with Crippen LogP contribution in [-0.4, -0.2) is 46.8 Å². The van der Waals surface area contributed by atoms with E-state index in [1.807, 2.05) is 6.92 Å². The molecule has 160 valence electrons. The fraction of sp³-hybridized carbons (Fsp3) is 0.571. The van der Waals surface area contributed by atoms with Crippen LogP contribution in [0.5, 0.6) is 0 Å². The molecule has 3 aliphatic heterocycles. The van der Waals surface area contributed by atoms with Gasteiger partial charge in [-0.1, -0.05) is 26.2 Å². The first-order chi connectivity index (χ1) is 14.4. The van der Waals surface area contributed by atoms with Crippen LogP contribution in [0.15, 0.2) is 18.2 Å². The summed E-state index contributed by atoms with van der Waals surface area (Å²) in [5.74, 6) is -1.06. The lowest BCUT2D eigenvalue weighted by Crippen LogP contribution is -2.72. The Balaban J connectivity index is 1.85. The van der Waals surface area contributed by atoms with E-state index in [2.05, 4.69) is 10.2 Å². The van der Waals surface area contributed by atoms with Gasteiger partial charge in [0, 0.05) is 37.3 Å². The number of barbiturate groups is 1. The fourth-order valence-corrected chi connectivity index (χ4v) is 5.11. The van der Waals surface area contributed by atoms with E-state index < -0.39 is 28.2 Å². The molecular weight excluding hydrogens is 388 g/mol. The maximum absolute atomic E-state index is 13.7. The highest BCUT2D eigenvalue weighted by atomic mass is 16.6. The maximum atomic E-state index is 13.7. The summed E-state index contributed by atoms with van der Waals surface area (Å²) in [4.78, 5) is 53.5. The number of amides is 4. The third-order valence-corrected chi connectivity index (χ3v) is 6.61. The van der Waals surface area contributed by atoms with Crippen molar-refractivity contribution in [2.24, 2.45) is 5.41 Å². The lowest BCUT2D eigenvalue weighted by Gasteiger charge is -2.51. The molecule has 0 unspecified atom stereocenters. The number of nitrogens with zero attached hydrogens (tertiary/aromatic N) is 3. The number of nitro groups is 1. The van der Waals surface area contributed by atoms with E-state index in [9.17, 15) is 24.5 Å². The summed E-state index contributed by atoms with van der Waals surface area (Å²) >= 11 is 0. The Labute approximate surface area is 174 Å². The number of rotatable bonds is 4. The van der Waals surface area contributed by atoms with Gasteiger partial charge in [0.25, 0.3) is 5.69 Å². The molecule has 1 aromatic rings. The Bertz CT molecular complexity index is 917. The largest absolute Gasteiger partial charge is 0.367 e. The standard InChI is InChI=1S/C21H26N4O5/c1-2-3-10-24-19(27)21(18(26)22-20(24)28)13-14-12-15(25(29)30)8-9-16(14)23-11-6-4-5-7-17(21)23/h8-9,12,17H,2-7,10-11,13H2,1H3,(H,22,26,28)/t17-,21-/m1/s1. The van der Waals surface area contributed by atoms with Gasteiger partial charge in [0.05, 0.1) is 11.0 Å². The molecule has 2 fully saturated rings. The minimum absolute atomic E-state index is 0.0613. The molecule has 9 nitrogen and oxygen atoms in total. The Morgan fingerprint density at radius 1 is 1.23 bits per heavy atom. The van der Waals surface area contributed by atoms with Crippen LogP contribution >= 0.6 is 0 Å². The van der Waals surface area contributed by atoms with Crippen molar-refractivity contribution < 1.29 is 19.3 Å². The van der Waals surface area contributed by atoms with Crippen molar-refractivity contribution in [1.29, 1.82) is 0 Å². The summed E-state index contributed by atoms with van der Waals surface area (Å²) in [7, 11) is 0. The monoisotopic (exact) mass is 414 g/mol. The van der Waals surface area contributed by atoms with Crippen molar-refractivity contribution in [2.45, 2.75) is 57.9 Å². The Hall–Kier alpha value is -2.97. The first-order valence-corrected chi connectivity index (χ1v) is 10.6. The van der Waals surface area contributed by atoms with Crippen LogP contribution in [0.4, 0.5) is 16.2 Å². The molecule has 0 aromatic heterocycles. The van der Waals surface area contributed by atoms with Crippen LogP contribution < -0.4 is 10.2 Å². The molecule has 1 N–H and O–H groups in total. The molecule has 2 saturated heterocycles. The molecular formula is C21H26N4O5. The van der Waals surface area contributed by atoms with Crippen LogP contribution in [0.25, 0.3) is 0 Å². The quantitative estimate of drug-likeness (QED) is 0.460. The predicted molar refractivity (Wildman–Crippen MR) is 109 cm³/mol. The number of carbonyl (C=O) groups excluding carboxylic acids is 3. The number of carbonyl (C=O) groups is 3. The topological polar surface area (TPSA) is 113 Å². The van der Waals surface area contributed by atoms with Gasteiger partial charge in [-0.15, -0.1) is 0 Å². The van der Waals surface area contributed by atoms with Gasteiger partial charge in [-0.05, 0) is 30.9 Å². The molecule has 0 saturated carbocycles. The van der Waals surface area contributed by atoms with Gasteiger partial charge in [-0.3, -0.25) is 29.9 Å². The fourth-order valence-electron chi connectivity index (χ4n) is 5.11. The van der Waals surface area contributed by atoms with E-state index in [1.54, 1.807) is 6.07 Å². The first kappa shape index (κ1) is 20.3. The lowest BCUT2D eigenvalue weighted by molar-refractivity contribution is -0.384. The van der Waals surface area contributed by atoms with Crippen molar-refractivity contribution in [3.63, 3.8) is 0 Å². The number of imide groups is 2. The van der Waals surface area contributed by atoms with E-state index in [0.29, 0.717) is 24.9 Å². The van der Waals surface area contributed by atoms with Crippen molar-refractivity contribution in [2.75, 3.05) is 18.0 Å². The number of nitrogens with one attached hydrogen (secondary N) is 1. The minimum atomic E-state index is -1.45. The Morgan fingerprint density at radius 3 is 2.77 bits per heavy atom. The molecule has 0 radical (unpaired) electrons. The highest BCUT2D eigenvalue weighted by molar-refractivity contribution is 6.20. The molecule has 4 rings (SSSR count). The average Bonchev–Trinajstić information content (AvgIpc) is 2.98. The molecule has 2 atom stereocenters. The van der Waals surface area contributed by atoms with Gasteiger partial charge in [0.2, 0.25) is 11.8 Å². The number of fused-ring (bicyclic) bond motifs is 4.